The molecule has 0 amide bonds. The second-order valence-corrected chi connectivity index (χ2v) is 6.01. The summed E-state index contributed by atoms with van der Waals surface area (Å²) in [7, 11) is 0. The van der Waals surface area contributed by atoms with E-state index in [0.717, 1.165) is 36.1 Å². The van der Waals surface area contributed by atoms with E-state index in [0.29, 0.717) is 11.7 Å². The number of nitrogens with zero attached hydrogens (tertiary/aromatic N) is 3. The Morgan fingerprint density at radius 1 is 1.32 bits per heavy atom. The van der Waals surface area contributed by atoms with Gasteiger partial charge in [-0.1, -0.05) is 12.1 Å². The Bertz CT molecular complexity index is 560. The zero-order chi connectivity index (χ0) is 13.3. The molecule has 0 radical (unpaired) electrons. The fourth-order valence-electron chi connectivity index (χ4n) is 2.27. The van der Waals surface area contributed by atoms with Crippen LogP contribution in [0.25, 0.3) is 11.5 Å². The average Bonchev–Trinajstić information content (AvgIpc) is 2.91. The first-order valence-corrected chi connectivity index (χ1v) is 7.13. The highest BCUT2D eigenvalue weighted by Crippen LogP contribution is 2.32. The highest BCUT2D eigenvalue weighted by molar-refractivity contribution is 9.10. The van der Waals surface area contributed by atoms with Gasteiger partial charge in [-0.2, -0.15) is 4.98 Å². The number of aromatic nitrogens is 3. The Morgan fingerprint density at radius 3 is 2.79 bits per heavy atom. The third-order valence-corrected chi connectivity index (χ3v) is 4.08. The molecule has 0 bridgehead atoms. The molecule has 6 heteroatoms. The largest absolute Gasteiger partial charge is 0.338 e. The van der Waals surface area contributed by atoms with Crippen molar-refractivity contribution in [3.8, 4) is 11.5 Å². The van der Waals surface area contributed by atoms with Crippen molar-refractivity contribution in [3.63, 3.8) is 0 Å². The second kappa shape index (κ2) is 5.02. The summed E-state index contributed by atoms with van der Waals surface area (Å²) in [5, 5.41) is 7.40. The molecule has 100 valence electrons. The Kier molecular flexibility index (Phi) is 3.36. The fraction of sp³-hybridized carbons (Fsp3) is 0.462. The maximum atomic E-state index is 5.45. The normalized spacial score (nSPS) is 18.4. The van der Waals surface area contributed by atoms with Crippen molar-refractivity contribution in [2.24, 2.45) is 0 Å². The van der Waals surface area contributed by atoms with E-state index in [-0.39, 0.29) is 5.41 Å². The van der Waals surface area contributed by atoms with Gasteiger partial charge in [0, 0.05) is 16.1 Å². The maximum Gasteiger partial charge on any atom is 0.233 e. The average molecular weight is 323 g/mol. The van der Waals surface area contributed by atoms with Gasteiger partial charge in [0.05, 0.1) is 0 Å². The number of rotatable bonds is 2. The first kappa shape index (κ1) is 12.7. The highest BCUT2D eigenvalue weighted by atomic mass is 79.9. The second-order valence-electron chi connectivity index (χ2n) is 5.10. The first-order chi connectivity index (χ1) is 9.17. The topological polar surface area (TPSA) is 63.8 Å². The van der Waals surface area contributed by atoms with Crippen molar-refractivity contribution in [1.29, 1.82) is 0 Å². The van der Waals surface area contributed by atoms with Gasteiger partial charge in [-0.15, -0.1) is 0 Å². The molecule has 19 heavy (non-hydrogen) atoms. The number of pyridine rings is 1. The molecule has 0 saturated carbocycles. The lowest BCUT2D eigenvalue weighted by atomic mass is 9.81. The van der Waals surface area contributed by atoms with Crippen molar-refractivity contribution in [3.05, 3.63) is 28.7 Å². The summed E-state index contributed by atoms with van der Waals surface area (Å²) in [5.41, 5.74) is 0.710. The third kappa shape index (κ3) is 2.55. The van der Waals surface area contributed by atoms with E-state index in [1.807, 2.05) is 12.1 Å². The molecule has 0 spiro atoms. The molecular weight excluding hydrogens is 308 g/mol. The van der Waals surface area contributed by atoms with Gasteiger partial charge in [0.1, 0.15) is 5.69 Å². The summed E-state index contributed by atoms with van der Waals surface area (Å²) >= 11 is 3.36. The Hall–Kier alpha value is -1.27. The molecule has 0 unspecified atom stereocenters. The third-order valence-electron chi connectivity index (χ3n) is 3.61. The van der Waals surface area contributed by atoms with Gasteiger partial charge >= 0.3 is 0 Å². The minimum atomic E-state index is -0.0220. The van der Waals surface area contributed by atoms with Crippen LogP contribution in [0.1, 0.15) is 25.7 Å². The lowest BCUT2D eigenvalue weighted by Crippen LogP contribution is -2.37. The Balaban J connectivity index is 1.88. The van der Waals surface area contributed by atoms with Gasteiger partial charge in [-0.3, -0.25) is 4.98 Å². The SMILES string of the molecule is CC1(c2nc(-c3ccc(Br)cn3)no2)CCNCC1. The highest BCUT2D eigenvalue weighted by Gasteiger charge is 2.34. The summed E-state index contributed by atoms with van der Waals surface area (Å²) in [6.07, 6.45) is 3.77. The molecule has 0 aliphatic carbocycles. The summed E-state index contributed by atoms with van der Waals surface area (Å²) in [4.78, 5) is 8.81. The zero-order valence-electron chi connectivity index (χ0n) is 10.7. The van der Waals surface area contributed by atoms with Crippen LogP contribution in [0.15, 0.2) is 27.3 Å². The lowest BCUT2D eigenvalue weighted by Gasteiger charge is -2.30. The van der Waals surface area contributed by atoms with E-state index in [4.69, 9.17) is 4.52 Å². The van der Waals surface area contributed by atoms with Crippen LogP contribution in [0.5, 0.6) is 0 Å². The van der Waals surface area contributed by atoms with Crippen LogP contribution in [0, 0.1) is 0 Å². The number of hydrogen-bond donors (Lipinski definition) is 1. The molecule has 2 aromatic heterocycles. The minimum Gasteiger partial charge on any atom is -0.338 e. The number of hydrogen-bond acceptors (Lipinski definition) is 5. The van der Waals surface area contributed by atoms with Gasteiger partial charge in [-0.05, 0) is 54.0 Å². The molecule has 0 aromatic carbocycles. The van der Waals surface area contributed by atoms with Crippen LogP contribution in [0.4, 0.5) is 0 Å². The molecule has 5 nitrogen and oxygen atoms in total. The van der Waals surface area contributed by atoms with Gasteiger partial charge in [0.2, 0.25) is 11.7 Å². The Morgan fingerprint density at radius 2 is 2.11 bits per heavy atom. The summed E-state index contributed by atoms with van der Waals surface area (Å²) in [6, 6.07) is 3.80. The molecule has 2 aromatic rings. The predicted molar refractivity (Wildman–Crippen MR) is 74.7 cm³/mol. The van der Waals surface area contributed by atoms with Crippen molar-refractivity contribution >= 4 is 15.9 Å². The summed E-state index contributed by atoms with van der Waals surface area (Å²) in [5.74, 6) is 1.27. The first-order valence-electron chi connectivity index (χ1n) is 6.34. The zero-order valence-corrected chi connectivity index (χ0v) is 12.3. The summed E-state index contributed by atoms with van der Waals surface area (Å²) < 4.78 is 6.39. The molecule has 1 fully saturated rings. The maximum absolute atomic E-state index is 5.45. The van der Waals surface area contributed by atoms with E-state index >= 15 is 0 Å². The van der Waals surface area contributed by atoms with Crippen LogP contribution >= 0.6 is 15.9 Å². The monoisotopic (exact) mass is 322 g/mol. The molecule has 1 saturated heterocycles. The minimum absolute atomic E-state index is 0.0220. The van der Waals surface area contributed by atoms with Crippen molar-refractivity contribution in [2.45, 2.75) is 25.2 Å². The van der Waals surface area contributed by atoms with Crippen molar-refractivity contribution in [1.82, 2.24) is 20.4 Å². The molecule has 1 aliphatic heterocycles. The predicted octanol–water partition coefficient (Wildman–Crippen LogP) is 2.54. The van der Waals surface area contributed by atoms with E-state index in [1.54, 1.807) is 6.20 Å². The standard InChI is InChI=1S/C13H15BrN4O/c1-13(4-6-15-7-5-13)12-17-11(18-19-12)10-3-2-9(14)8-16-10/h2-3,8,15H,4-7H2,1H3. The van der Waals surface area contributed by atoms with E-state index in [2.05, 4.69) is 43.3 Å². The van der Waals surface area contributed by atoms with Gasteiger partial charge in [0.15, 0.2) is 0 Å². The molecule has 1 N–H and O–H groups in total. The van der Waals surface area contributed by atoms with Crippen LogP contribution in [0.2, 0.25) is 0 Å². The summed E-state index contributed by atoms with van der Waals surface area (Å²) in [6.45, 7) is 4.16. The molecule has 0 atom stereocenters. The van der Waals surface area contributed by atoms with Crippen LogP contribution in [0.3, 0.4) is 0 Å². The van der Waals surface area contributed by atoms with Gasteiger partial charge < -0.3 is 9.84 Å². The Labute approximate surface area is 119 Å². The van der Waals surface area contributed by atoms with Crippen LogP contribution in [-0.2, 0) is 5.41 Å². The smallest absolute Gasteiger partial charge is 0.233 e. The number of nitrogens with one attached hydrogen (secondary N) is 1. The quantitative estimate of drug-likeness (QED) is 0.920. The molecule has 1 aliphatic rings. The van der Waals surface area contributed by atoms with Crippen LogP contribution in [-0.4, -0.2) is 28.2 Å². The fourth-order valence-corrected chi connectivity index (χ4v) is 2.51. The van der Waals surface area contributed by atoms with Crippen LogP contribution < -0.4 is 5.32 Å². The van der Waals surface area contributed by atoms with Crippen molar-refractivity contribution in [2.75, 3.05) is 13.1 Å². The lowest BCUT2D eigenvalue weighted by molar-refractivity contribution is 0.241. The number of halogens is 1. The van der Waals surface area contributed by atoms with E-state index < -0.39 is 0 Å². The number of piperidine rings is 1. The van der Waals surface area contributed by atoms with Gasteiger partial charge in [-0.25, -0.2) is 0 Å². The van der Waals surface area contributed by atoms with Crippen molar-refractivity contribution < 1.29 is 4.52 Å². The van der Waals surface area contributed by atoms with E-state index in [9.17, 15) is 0 Å². The van der Waals surface area contributed by atoms with E-state index in [1.165, 1.54) is 0 Å². The molecular formula is C13H15BrN4O. The molecule has 3 rings (SSSR count). The van der Waals surface area contributed by atoms with Gasteiger partial charge in [0.25, 0.3) is 0 Å². The molecule has 3 heterocycles.